The Kier molecular flexibility index (Phi) is 5.50. The third-order valence-electron chi connectivity index (χ3n) is 3.00. The molecule has 0 fully saturated rings. The van der Waals surface area contributed by atoms with Crippen molar-refractivity contribution in [3.05, 3.63) is 22.7 Å². The first-order valence-corrected chi connectivity index (χ1v) is 7.51. The van der Waals surface area contributed by atoms with E-state index in [-0.39, 0.29) is 0 Å². The predicted octanol–water partition coefficient (Wildman–Crippen LogP) is 3.78. The highest BCUT2D eigenvalue weighted by Gasteiger charge is 2.34. The Hall–Kier alpha value is -1.17. The zero-order chi connectivity index (χ0) is 15.4. The molecule has 6 heteroatoms. The Labute approximate surface area is 128 Å². The van der Waals surface area contributed by atoms with Crippen molar-refractivity contribution in [3.63, 3.8) is 0 Å². The summed E-state index contributed by atoms with van der Waals surface area (Å²) in [5.74, 6) is 0.594. The molecule has 112 valence electrons. The van der Waals surface area contributed by atoms with Gasteiger partial charge in [0.25, 0.3) is 0 Å². The molecule has 0 aliphatic carbocycles. The van der Waals surface area contributed by atoms with Gasteiger partial charge < -0.3 is 10.1 Å². The third-order valence-corrected chi connectivity index (χ3v) is 3.41. The first kappa shape index (κ1) is 16.9. The Morgan fingerprint density at radius 2 is 1.75 bits per heavy atom. The number of halogens is 1. The van der Waals surface area contributed by atoms with E-state index in [0.717, 1.165) is 4.47 Å². The summed E-state index contributed by atoms with van der Waals surface area (Å²) in [7, 11) is 0. The maximum absolute atomic E-state index is 12.0. The van der Waals surface area contributed by atoms with Crippen molar-refractivity contribution in [3.8, 4) is 0 Å². The number of amides is 1. The molecule has 0 spiro atoms. The van der Waals surface area contributed by atoms with Gasteiger partial charge in [0.1, 0.15) is 11.1 Å². The molecule has 0 aliphatic rings. The molecule has 0 saturated heterocycles. The van der Waals surface area contributed by atoms with E-state index >= 15 is 0 Å². The molecule has 1 heterocycles. The highest BCUT2D eigenvalue weighted by Crippen LogP contribution is 2.26. The van der Waals surface area contributed by atoms with Crippen molar-refractivity contribution in [2.24, 2.45) is 0 Å². The highest BCUT2D eigenvalue weighted by atomic mass is 79.9. The number of carbonyl (C=O) groups is 1. The number of ether oxygens (including phenoxy) is 1. The van der Waals surface area contributed by atoms with Crippen molar-refractivity contribution in [1.29, 1.82) is 0 Å². The molecule has 0 aromatic carbocycles. The summed E-state index contributed by atoms with van der Waals surface area (Å²) in [6.07, 6.45) is 4.28. The lowest BCUT2D eigenvalue weighted by Crippen LogP contribution is -2.48. The van der Waals surface area contributed by atoms with Gasteiger partial charge in [0.15, 0.2) is 5.82 Å². The number of nitrogens with one attached hydrogen (secondary N) is 1. The van der Waals surface area contributed by atoms with E-state index in [1.165, 1.54) is 0 Å². The van der Waals surface area contributed by atoms with Gasteiger partial charge in [-0.15, -0.1) is 0 Å². The van der Waals surface area contributed by atoms with E-state index in [4.69, 9.17) is 4.74 Å². The van der Waals surface area contributed by atoms with Crippen LogP contribution in [0.5, 0.6) is 0 Å². The average molecular weight is 344 g/mol. The monoisotopic (exact) mass is 343 g/mol. The van der Waals surface area contributed by atoms with Crippen LogP contribution in [0.4, 0.5) is 4.79 Å². The van der Waals surface area contributed by atoms with E-state index in [0.29, 0.717) is 18.7 Å². The number of rotatable bonds is 4. The quantitative estimate of drug-likeness (QED) is 0.903. The van der Waals surface area contributed by atoms with Crippen molar-refractivity contribution in [2.45, 2.75) is 58.6 Å². The van der Waals surface area contributed by atoms with Crippen LogP contribution in [-0.4, -0.2) is 21.7 Å². The van der Waals surface area contributed by atoms with Crippen molar-refractivity contribution in [2.75, 3.05) is 0 Å². The van der Waals surface area contributed by atoms with Crippen LogP contribution in [0.3, 0.4) is 0 Å². The topological polar surface area (TPSA) is 64.1 Å². The van der Waals surface area contributed by atoms with Crippen LogP contribution in [0.2, 0.25) is 0 Å². The molecule has 0 aliphatic heterocycles. The summed E-state index contributed by atoms with van der Waals surface area (Å²) < 4.78 is 6.13. The molecule has 1 amide bonds. The van der Waals surface area contributed by atoms with Gasteiger partial charge in [0.05, 0.1) is 4.47 Å². The molecule has 1 aromatic rings. The molecule has 20 heavy (non-hydrogen) atoms. The standard InChI is InChI=1S/C14H22BrN3O2/c1-6-14(7-2,11-16-8-10(15)9-17-11)18-12(19)20-13(3,4)5/h8-9H,6-7H2,1-5H3,(H,18,19). The minimum absolute atomic E-state index is 0.451. The maximum atomic E-state index is 12.0. The SMILES string of the molecule is CCC(CC)(NC(=O)OC(C)(C)C)c1ncc(Br)cn1. The third kappa shape index (κ3) is 4.44. The van der Waals surface area contributed by atoms with Gasteiger partial charge in [0.2, 0.25) is 0 Å². The van der Waals surface area contributed by atoms with E-state index in [9.17, 15) is 4.79 Å². The number of nitrogens with zero attached hydrogens (tertiary/aromatic N) is 2. The molecule has 0 unspecified atom stereocenters. The largest absolute Gasteiger partial charge is 0.444 e. The average Bonchev–Trinajstić information content (AvgIpc) is 2.35. The number of hydrogen-bond acceptors (Lipinski definition) is 4. The van der Waals surface area contributed by atoms with E-state index < -0.39 is 17.2 Å². The Bertz CT molecular complexity index is 450. The molecule has 1 aromatic heterocycles. The molecule has 0 bridgehead atoms. The van der Waals surface area contributed by atoms with E-state index in [1.807, 2.05) is 34.6 Å². The fraction of sp³-hybridized carbons (Fsp3) is 0.643. The van der Waals surface area contributed by atoms with Gasteiger partial charge in [0, 0.05) is 12.4 Å². The maximum Gasteiger partial charge on any atom is 0.408 e. The summed E-state index contributed by atoms with van der Waals surface area (Å²) in [5, 5.41) is 2.92. The fourth-order valence-electron chi connectivity index (χ4n) is 1.86. The lowest BCUT2D eigenvalue weighted by Gasteiger charge is -2.32. The smallest absolute Gasteiger partial charge is 0.408 e. The second-order valence-corrected chi connectivity index (χ2v) is 6.56. The van der Waals surface area contributed by atoms with Crippen molar-refractivity contribution in [1.82, 2.24) is 15.3 Å². The Morgan fingerprint density at radius 3 is 2.15 bits per heavy atom. The second kappa shape index (κ2) is 6.52. The summed E-state index contributed by atoms with van der Waals surface area (Å²) in [4.78, 5) is 20.7. The molecule has 1 rings (SSSR count). The molecular formula is C14H22BrN3O2. The lowest BCUT2D eigenvalue weighted by atomic mass is 9.92. The van der Waals surface area contributed by atoms with Crippen LogP contribution in [-0.2, 0) is 10.3 Å². The number of carbonyl (C=O) groups excluding carboxylic acids is 1. The van der Waals surface area contributed by atoms with Crippen LogP contribution >= 0.6 is 15.9 Å². The number of alkyl carbamates (subject to hydrolysis) is 1. The summed E-state index contributed by atoms with van der Waals surface area (Å²) >= 11 is 3.31. The zero-order valence-electron chi connectivity index (χ0n) is 12.7. The fourth-order valence-corrected chi connectivity index (χ4v) is 2.06. The van der Waals surface area contributed by atoms with Gasteiger partial charge >= 0.3 is 6.09 Å². The molecule has 5 nitrogen and oxygen atoms in total. The van der Waals surface area contributed by atoms with Crippen LogP contribution in [0, 0.1) is 0 Å². The van der Waals surface area contributed by atoms with Crippen LogP contribution in [0.15, 0.2) is 16.9 Å². The summed E-state index contributed by atoms with van der Waals surface area (Å²) in [6, 6.07) is 0. The minimum atomic E-state index is -0.608. The van der Waals surface area contributed by atoms with Crippen LogP contribution in [0.1, 0.15) is 53.3 Å². The molecule has 1 N–H and O–H groups in total. The second-order valence-electron chi connectivity index (χ2n) is 5.64. The van der Waals surface area contributed by atoms with Crippen molar-refractivity contribution >= 4 is 22.0 Å². The normalized spacial score (nSPS) is 12.1. The molecule has 0 saturated carbocycles. The molecule has 0 atom stereocenters. The Balaban J connectivity index is 2.97. The van der Waals surface area contributed by atoms with Gasteiger partial charge in [-0.3, -0.25) is 0 Å². The highest BCUT2D eigenvalue weighted by molar-refractivity contribution is 9.10. The first-order valence-electron chi connectivity index (χ1n) is 6.71. The summed E-state index contributed by atoms with van der Waals surface area (Å²) in [6.45, 7) is 9.49. The number of hydrogen-bond donors (Lipinski definition) is 1. The first-order chi connectivity index (χ1) is 9.22. The summed E-state index contributed by atoms with van der Waals surface area (Å²) in [5.41, 5.74) is -1.14. The Morgan fingerprint density at radius 1 is 1.25 bits per heavy atom. The van der Waals surface area contributed by atoms with Gasteiger partial charge in [-0.05, 0) is 49.5 Å². The van der Waals surface area contributed by atoms with Crippen LogP contribution in [0.25, 0.3) is 0 Å². The molecule has 0 radical (unpaired) electrons. The zero-order valence-corrected chi connectivity index (χ0v) is 14.2. The van der Waals surface area contributed by atoms with Gasteiger partial charge in [-0.1, -0.05) is 13.8 Å². The lowest BCUT2D eigenvalue weighted by molar-refractivity contribution is 0.0437. The predicted molar refractivity (Wildman–Crippen MR) is 81.4 cm³/mol. The van der Waals surface area contributed by atoms with Gasteiger partial charge in [-0.25, -0.2) is 14.8 Å². The van der Waals surface area contributed by atoms with E-state index in [1.54, 1.807) is 12.4 Å². The minimum Gasteiger partial charge on any atom is -0.444 e. The molecular weight excluding hydrogens is 322 g/mol. The van der Waals surface area contributed by atoms with Crippen molar-refractivity contribution < 1.29 is 9.53 Å². The van der Waals surface area contributed by atoms with Crippen LogP contribution < -0.4 is 5.32 Å². The van der Waals surface area contributed by atoms with E-state index in [2.05, 4.69) is 31.2 Å². The number of aromatic nitrogens is 2. The van der Waals surface area contributed by atoms with Gasteiger partial charge in [-0.2, -0.15) is 0 Å².